The maximum absolute atomic E-state index is 12.0. The van der Waals surface area contributed by atoms with Crippen molar-refractivity contribution in [2.24, 2.45) is 0 Å². The van der Waals surface area contributed by atoms with Crippen LogP contribution in [0.3, 0.4) is 0 Å². The summed E-state index contributed by atoms with van der Waals surface area (Å²) in [5, 5.41) is 27.0. The summed E-state index contributed by atoms with van der Waals surface area (Å²) in [5.74, 6) is 2.41. The number of benzene rings is 2. The standard InChI is InChI=1S/C21H29N5O4S.C21H28N4O4S/c1-13(2)22-21(27)30-17-6-4-14(11-17)18-12-20(25-24-18)23-16-5-7-19-15(10-16)8-9-31(28,29)26(19)3;1-13(2)22-21(26)29-18-6-4-15(10-18)19-11-20(25-24-19)23-17-5-3-16-12-30(27,28)8-7-14(16)9-17/h5,7,10,12-14,17H,4,6,8-9,11H2,1-3H3,(H,22,27)(H2,23,24,25);3,5,9,11,13,15,18H,4,6-8,10,12H2,1-2H3,(H,22,26)(H2,23,24,25)/t14-,17+;15-,18+/m00/s1. The highest BCUT2D eigenvalue weighted by Gasteiger charge is 2.32. The van der Waals surface area contributed by atoms with Crippen molar-refractivity contribution < 1.29 is 35.9 Å². The number of nitrogens with zero attached hydrogens (tertiary/aromatic N) is 3. The van der Waals surface area contributed by atoms with Gasteiger partial charge in [0.1, 0.15) is 12.2 Å². The summed E-state index contributed by atoms with van der Waals surface area (Å²) in [4.78, 5) is 23.6. The first-order valence-corrected chi connectivity index (χ1v) is 24.4. The normalized spacial score (nSPS) is 22.4. The topological polar surface area (TPSA) is 230 Å². The number of fused-ring (bicyclic) bond motifs is 2. The molecule has 4 atom stereocenters. The number of sulfonamides is 1. The van der Waals surface area contributed by atoms with Gasteiger partial charge in [-0.25, -0.2) is 26.4 Å². The number of carbonyl (C=O) groups excluding carboxylic acids is 2. The number of sulfone groups is 1. The molecule has 0 spiro atoms. The Morgan fingerprint density at radius 2 is 1.20 bits per heavy atom. The number of hydrogen-bond acceptors (Lipinski definition) is 12. The fraction of sp³-hybridized carbons (Fsp3) is 0.524. The SMILES string of the molecule is CC(C)NC(=O)O[C@@H]1CC[C@H](c2cc(Nc3ccc4c(c3)CCS(=O)(=O)C4)n[nH]2)C1.CC(C)NC(=O)O[C@@H]1CC[C@H](c2cc(Nc3ccc4c(c3)CCS(=O)(=O)N4C)n[nH]2)C1. The number of carbonyl (C=O) groups is 2. The van der Waals surface area contributed by atoms with Crippen molar-refractivity contribution in [3.05, 3.63) is 76.6 Å². The van der Waals surface area contributed by atoms with Crippen LogP contribution in [0.15, 0.2) is 48.5 Å². The summed E-state index contributed by atoms with van der Waals surface area (Å²) in [6.45, 7) is 7.62. The average Bonchev–Trinajstić information content (AvgIpc) is 4.02. The summed E-state index contributed by atoms with van der Waals surface area (Å²) in [6, 6.07) is 15.5. The van der Waals surface area contributed by atoms with Gasteiger partial charge in [0.25, 0.3) is 0 Å². The van der Waals surface area contributed by atoms with Gasteiger partial charge in [-0.2, -0.15) is 10.2 Å². The minimum absolute atomic E-state index is 0.0549. The molecule has 8 rings (SSSR count). The van der Waals surface area contributed by atoms with E-state index in [0.29, 0.717) is 18.7 Å². The van der Waals surface area contributed by atoms with E-state index in [1.165, 1.54) is 4.31 Å². The van der Waals surface area contributed by atoms with Crippen LogP contribution in [0.1, 0.15) is 106 Å². The van der Waals surface area contributed by atoms with Gasteiger partial charge in [0.15, 0.2) is 21.5 Å². The molecule has 19 heteroatoms. The zero-order chi connectivity index (χ0) is 43.5. The highest BCUT2D eigenvalue weighted by atomic mass is 32.2. The molecule has 2 amide bonds. The van der Waals surface area contributed by atoms with Gasteiger partial charge in [0.05, 0.1) is 22.9 Å². The Balaban J connectivity index is 0.000000184. The first-order valence-electron chi connectivity index (χ1n) is 21.0. The quantitative estimate of drug-likeness (QED) is 0.0985. The van der Waals surface area contributed by atoms with Crippen LogP contribution in [0.4, 0.5) is 38.3 Å². The number of ether oxygens (including phenoxy) is 2. The van der Waals surface area contributed by atoms with Crippen molar-refractivity contribution in [2.75, 3.05) is 33.5 Å². The second-order valence-corrected chi connectivity index (χ2v) is 21.3. The van der Waals surface area contributed by atoms with E-state index in [9.17, 15) is 26.4 Å². The molecule has 4 aliphatic rings. The monoisotopic (exact) mass is 879 g/mol. The number of anilines is 5. The van der Waals surface area contributed by atoms with Crippen LogP contribution < -0.4 is 25.6 Å². The largest absolute Gasteiger partial charge is 0.446 e. The summed E-state index contributed by atoms with van der Waals surface area (Å²) >= 11 is 0. The molecule has 330 valence electrons. The molecule has 0 unspecified atom stereocenters. The zero-order valence-corrected chi connectivity index (χ0v) is 36.9. The number of nitrogens with one attached hydrogen (secondary N) is 6. The Labute approximate surface area is 357 Å². The highest BCUT2D eigenvalue weighted by Crippen LogP contribution is 2.38. The van der Waals surface area contributed by atoms with Gasteiger partial charge in [0.2, 0.25) is 10.0 Å². The van der Waals surface area contributed by atoms with Gasteiger partial charge >= 0.3 is 12.2 Å². The first kappa shape index (κ1) is 43.8. The molecule has 4 heterocycles. The van der Waals surface area contributed by atoms with E-state index in [1.54, 1.807) is 7.05 Å². The summed E-state index contributed by atoms with van der Waals surface area (Å²) < 4.78 is 60.0. The van der Waals surface area contributed by atoms with Crippen molar-refractivity contribution in [3.63, 3.8) is 0 Å². The number of aromatic amines is 2. The van der Waals surface area contributed by atoms with Crippen LogP contribution in [0.2, 0.25) is 0 Å². The molecule has 2 aliphatic heterocycles. The van der Waals surface area contributed by atoms with Crippen molar-refractivity contribution in [3.8, 4) is 0 Å². The number of hydrogen-bond donors (Lipinski definition) is 6. The molecule has 4 aromatic rings. The van der Waals surface area contributed by atoms with Gasteiger partial charge in [-0.1, -0.05) is 6.07 Å². The third-order valence-electron chi connectivity index (χ3n) is 11.5. The van der Waals surface area contributed by atoms with Gasteiger partial charge in [-0.3, -0.25) is 14.5 Å². The molecule has 2 fully saturated rings. The predicted octanol–water partition coefficient (Wildman–Crippen LogP) is 6.64. The van der Waals surface area contributed by atoms with E-state index >= 15 is 0 Å². The second-order valence-electron chi connectivity index (χ2n) is 17.0. The molecule has 61 heavy (non-hydrogen) atoms. The third kappa shape index (κ3) is 11.3. The number of rotatable bonds is 10. The molecular weight excluding hydrogens is 823 g/mol. The smallest absolute Gasteiger partial charge is 0.407 e. The van der Waals surface area contributed by atoms with E-state index in [2.05, 4.69) is 41.7 Å². The van der Waals surface area contributed by atoms with Gasteiger partial charge in [0, 0.05) is 65.9 Å². The molecule has 2 saturated carbocycles. The Morgan fingerprint density at radius 1 is 0.689 bits per heavy atom. The van der Waals surface area contributed by atoms with Gasteiger partial charge in [-0.15, -0.1) is 0 Å². The van der Waals surface area contributed by atoms with Crippen molar-refractivity contribution in [2.45, 2.75) is 121 Å². The van der Waals surface area contributed by atoms with Gasteiger partial charge in [-0.05, 0) is 126 Å². The maximum atomic E-state index is 12.0. The molecule has 6 N–H and O–H groups in total. The lowest BCUT2D eigenvalue weighted by Gasteiger charge is -2.27. The van der Waals surface area contributed by atoms with E-state index in [-0.39, 0.29) is 65.6 Å². The van der Waals surface area contributed by atoms with Crippen LogP contribution >= 0.6 is 0 Å². The van der Waals surface area contributed by atoms with E-state index < -0.39 is 19.9 Å². The fourth-order valence-electron chi connectivity index (χ4n) is 8.36. The van der Waals surface area contributed by atoms with Crippen LogP contribution in [0.25, 0.3) is 0 Å². The Morgan fingerprint density at radius 3 is 1.74 bits per heavy atom. The molecule has 17 nitrogen and oxygen atoms in total. The molecule has 0 radical (unpaired) electrons. The van der Waals surface area contributed by atoms with Crippen molar-refractivity contribution in [1.29, 1.82) is 0 Å². The van der Waals surface area contributed by atoms with Crippen LogP contribution in [0.5, 0.6) is 0 Å². The highest BCUT2D eigenvalue weighted by molar-refractivity contribution is 7.92. The third-order valence-corrected chi connectivity index (χ3v) is 14.8. The minimum atomic E-state index is -3.21. The number of aryl methyl sites for hydroxylation is 2. The fourth-order valence-corrected chi connectivity index (χ4v) is 11.0. The minimum Gasteiger partial charge on any atom is -0.446 e. The van der Waals surface area contributed by atoms with Crippen LogP contribution in [-0.4, -0.2) is 92.3 Å². The molecule has 0 saturated heterocycles. The number of aromatic nitrogens is 4. The summed E-state index contributed by atoms with van der Waals surface area (Å²) in [7, 11) is -4.59. The zero-order valence-electron chi connectivity index (χ0n) is 35.3. The Bertz CT molecular complexity index is 2430. The molecular formula is C42H57N9O8S2. The lowest BCUT2D eigenvalue weighted by molar-refractivity contribution is 0.0972. The molecule has 2 aromatic carbocycles. The molecule has 2 aromatic heterocycles. The van der Waals surface area contributed by atoms with E-state index in [1.807, 2.05) is 76.2 Å². The van der Waals surface area contributed by atoms with Gasteiger partial charge < -0.3 is 30.7 Å². The second kappa shape index (κ2) is 18.4. The van der Waals surface area contributed by atoms with Crippen LogP contribution in [0, 0.1) is 0 Å². The van der Waals surface area contributed by atoms with Crippen molar-refractivity contribution >= 4 is 60.7 Å². The Hall–Kier alpha value is -5.30. The number of H-pyrrole nitrogens is 2. The average molecular weight is 880 g/mol. The lowest BCUT2D eigenvalue weighted by atomic mass is 10.0. The first-order chi connectivity index (χ1) is 29.0. The lowest BCUT2D eigenvalue weighted by Crippen LogP contribution is -2.34. The number of amides is 2. The summed E-state index contributed by atoms with van der Waals surface area (Å²) in [6.07, 6.45) is 5.25. The number of alkyl carbamates (subject to hydrolysis) is 2. The molecule has 2 aliphatic carbocycles. The predicted molar refractivity (Wildman–Crippen MR) is 234 cm³/mol. The Kier molecular flexibility index (Phi) is 13.2. The summed E-state index contributed by atoms with van der Waals surface area (Å²) in [5.41, 5.74) is 7.46. The van der Waals surface area contributed by atoms with Crippen LogP contribution in [-0.2, 0) is 47.9 Å². The maximum Gasteiger partial charge on any atom is 0.407 e. The molecule has 0 bridgehead atoms. The van der Waals surface area contributed by atoms with E-state index in [4.69, 9.17) is 9.47 Å². The van der Waals surface area contributed by atoms with Crippen molar-refractivity contribution in [1.82, 2.24) is 31.0 Å². The van der Waals surface area contributed by atoms with E-state index in [0.717, 1.165) is 89.5 Å².